The number of hydrogen-bond acceptors (Lipinski definition) is 2. The van der Waals surface area contributed by atoms with Crippen LogP contribution in [0.1, 0.15) is 17.3 Å². The molecule has 4 heteroatoms. The summed E-state index contributed by atoms with van der Waals surface area (Å²) in [5, 5.41) is 0. The Morgan fingerprint density at radius 1 is 1.20 bits per heavy atom. The van der Waals surface area contributed by atoms with E-state index in [2.05, 4.69) is 4.98 Å². The second kappa shape index (κ2) is 4.56. The number of Topliss-reactive ketones (excluding diaryl/α,β-unsaturated/α-hetero) is 1. The van der Waals surface area contributed by atoms with Crippen molar-refractivity contribution in [3.8, 4) is 11.4 Å². The van der Waals surface area contributed by atoms with Crippen molar-refractivity contribution in [3.63, 3.8) is 0 Å². The molecule has 0 aliphatic rings. The van der Waals surface area contributed by atoms with Crippen LogP contribution in [0.15, 0.2) is 42.5 Å². The summed E-state index contributed by atoms with van der Waals surface area (Å²) in [6, 6.07) is 11.7. The van der Waals surface area contributed by atoms with Crippen LogP contribution in [0.5, 0.6) is 0 Å². The van der Waals surface area contributed by atoms with Gasteiger partial charge in [-0.15, -0.1) is 0 Å². The normalized spacial score (nSPS) is 10.9. The molecule has 100 valence electrons. The van der Waals surface area contributed by atoms with Gasteiger partial charge in [-0.3, -0.25) is 4.79 Å². The highest BCUT2D eigenvalue weighted by molar-refractivity contribution is 5.97. The van der Waals surface area contributed by atoms with E-state index in [1.807, 2.05) is 23.7 Å². The molecule has 0 saturated carbocycles. The molecule has 0 atom stereocenters. The topological polar surface area (TPSA) is 34.9 Å². The van der Waals surface area contributed by atoms with Gasteiger partial charge in [0.05, 0.1) is 11.0 Å². The van der Waals surface area contributed by atoms with Gasteiger partial charge in [0.25, 0.3) is 0 Å². The number of fused-ring (bicyclic) bond motifs is 1. The Morgan fingerprint density at radius 3 is 2.70 bits per heavy atom. The number of carbonyl (C=O) groups excluding carboxylic acids is 1. The number of aryl methyl sites for hydroxylation is 1. The number of benzene rings is 2. The van der Waals surface area contributed by atoms with E-state index in [-0.39, 0.29) is 11.6 Å². The fourth-order valence-corrected chi connectivity index (χ4v) is 2.30. The molecule has 0 spiro atoms. The third-order valence-electron chi connectivity index (χ3n) is 3.37. The molecule has 0 fully saturated rings. The third kappa shape index (κ3) is 1.99. The van der Waals surface area contributed by atoms with Crippen molar-refractivity contribution < 1.29 is 9.18 Å². The summed E-state index contributed by atoms with van der Waals surface area (Å²) in [6.45, 7) is 1.53. The van der Waals surface area contributed by atoms with E-state index in [0.29, 0.717) is 17.0 Å². The second-order valence-electron chi connectivity index (χ2n) is 4.76. The Balaban J connectivity index is 2.22. The van der Waals surface area contributed by atoms with Gasteiger partial charge in [-0.1, -0.05) is 12.1 Å². The van der Waals surface area contributed by atoms with Crippen molar-refractivity contribution in [2.45, 2.75) is 6.92 Å². The van der Waals surface area contributed by atoms with E-state index >= 15 is 0 Å². The largest absolute Gasteiger partial charge is 0.327 e. The van der Waals surface area contributed by atoms with E-state index in [4.69, 9.17) is 0 Å². The summed E-state index contributed by atoms with van der Waals surface area (Å²) in [4.78, 5) is 15.9. The van der Waals surface area contributed by atoms with E-state index < -0.39 is 0 Å². The van der Waals surface area contributed by atoms with Crippen LogP contribution in [0.3, 0.4) is 0 Å². The molecule has 2 aromatic carbocycles. The predicted octanol–water partition coefficient (Wildman–Crippen LogP) is 3.58. The molecule has 3 rings (SSSR count). The Bertz CT molecular complexity index is 820. The molecule has 0 aliphatic carbocycles. The minimum absolute atomic E-state index is 0.00450. The molecule has 0 unspecified atom stereocenters. The van der Waals surface area contributed by atoms with Crippen molar-refractivity contribution in [2.24, 2.45) is 7.05 Å². The molecular formula is C16H13FN2O. The lowest BCUT2D eigenvalue weighted by Gasteiger charge is -2.02. The smallest absolute Gasteiger partial charge is 0.159 e. The lowest BCUT2D eigenvalue weighted by atomic mass is 10.1. The zero-order valence-electron chi connectivity index (χ0n) is 11.2. The van der Waals surface area contributed by atoms with Crippen LogP contribution < -0.4 is 0 Å². The van der Waals surface area contributed by atoms with Crippen molar-refractivity contribution in [3.05, 3.63) is 53.8 Å². The van der Waals surface area contributed by atoms with Gasteiger partial charge in [-0.05, 0) is 37.3 Å². The van der Waals surface area contributed by atoms with E-state index in [1.54, 1.807) is 18.2 Å². The van der Waals surface area contributed by atoms with Crippen molar-refractivity contribution in [1.29, 1.82) is 0 Å². The molecule has 1 heterocycles. The maximum absolute atomic E-state index is 13.3. The van der Waals surface area contributed by atoms with E-state index in [0.717, 1.165) is 11.0 Å². The van der Waals surface area contributed by atoms with Crippen molar-refractivity contribution in [1.82, 2.24) is 9.55 Å². The highest BCUT2D eigenvalue weighted by Gasteiger charge is 2.11. The summed E-state index contributed by atoms with van der Waals surface area (Å²) in [6.07, 6.45) is 0. The van der Waals surface area contributed by atoms with Gasteiger partial charge < -0.3 is 4.57 Å². The van der Waals surface area contributed by atoms with Gasteiger partial charge in [-0.25, -0.2) is 9.37 Å². The number of hydrogen-bond donors (Lipinski definition) is 0. The zero-order chi connectivity index (χ0) is 14.3. The fraction of sp³-hybridized carbons (Fsp3) is 0.125. The van der Waals surface area contributed by atoms with E-state index in [1.165, 1.54) is 19.1 Å². The lowest BCUT2D eigenvalue weighted by Crippen LogP contribution is -1.93. The van der Waals surface area contributed by atoms with Crippen LogP contribution in [0.25, 0.3) is 22.4 Å². The first-order valence-electron chi connectivity index (χ1n) is 6.29. The molecule has 0 saturated heterocycles. The SMILES string of the molecule is CC(=O)c1ccc2c(c1)nc(-c1cccc(F)c1)n2C. The molecule has 0 radical (unpaired) electrons. The highest BCUT2D eigenvalue weighted by Crippen LogP contribution is 2.24. The molecule has 0 aliphatic heterocycles. The first kappa shape index (κ1) is 12.5. The minimum Gasteiger partial charge on any atom is -0.327 e. The molecule has 3 aromatic rings. The van der Waals surface area contributed by atoms with Crippen LogP contribution in [0, 0.1) is 5.82 Å². The number of imidazole rings is 1. The van der Waals surface area contributed by atoms with Crippen LogP contribution in [0.4, 0.5) is 4.39 Å². The molecule has 3 nitrogen and oxygen atoms in total. The highest BCUT2D eigenvalue weighted by atomic mass is 19.1. The van der Waals surface area contributed by atoms with Gasteiger partial charge in [0.15, 0.2) is 5.78 Å². The Morgan fingerprint density at radius 2 is 2.00 bits per heavy atom. The molecule has 1 aromatic heterocycles. The Hall–Kier alpha value is -2.49. The maximum atomic E-state index is 13.3. The van der Waals surface area contributed by atoms with Crippen molar-refractivity contribution >= 4 is 16.8 Å². The van der Waals surface area contributed by atoms with Crippen LogP contribution >= 0.6 is 0 Å². The average molecular weight is 268 g/mol. The van der Waals surface area contributed by atoms with Gasteiger partial charge >= 0.3 is 0 Å². The van der Waals surface area contributed by atoms with Crippen LogP contribution in [0.2, 0.25) is 0 Å². The monoisotopic (exact) mass is 268 g/mol. The third-order valence-corrected chi connectivity index (χ3v) is 3.37. The number of ketones is 1. The van der Waals surface area contributed by atoms with Gasteiger partial charge in [0, 0.05) is 18.2 Å². The summed E-state index contributed by atoms with van der Waals surface area (Å²) in [5.74, 6) is 0.393. The zero-order valence-corrected chi connectivity index (χ0v) is 11.2. The standard InChI is InChI=1S/C16H13FN2O/c1-10(20)11-6-7-15-14(9-11)18-16(19(15)2)12-4-3-5-13(17)8-12/h3-9H,1-2H3. The fourth-order valence-electron chi connectivity index (χ4n) is 2.30. The molecular weight excluding hydrogens is 255 g/mol. The number of halogens is 1. The van der Waals surface area contributed by atoms with Gasteiger partial charge in [0.2, 0.25) is 0 Å². The summed E-state index contributed by atoms with van der Waals surface area (Å²) in [7, 11) is 1.88. The minimum atomic E-state index is -0.293. The van der Waals surface area contributed by atoms with Crippen LogP contribution in [-0.2, 0) is 7.05 Å². The number of rotatable bonds is 2. The number of nitrogens with zero attached hydrogens (tertiary/aromatic N) is 2. The van der Waals surface area contributed by atoms with Gasteiger partial charge in [-0.2, -0.15) is 0 Å². The lowest BCUT2D eigenvalue weighted by molar-refractivity contribution is 0.101. The Kier molecular flexibility index (Phi) is 2.86. The summed E-state index contributed by atoms with van der Waals surface area (Å²) < 4.78 is 15.2. The first-order chi connectivity index (χ1) is 9.56. The predicted molar refractivity (Wildman–Crippen MR) is 76.1 cm³/mol. The molecule has 0 amide bonds. The first-order valence-corrected chi connectivity index (χ1v) is 6.29. The molecule has 0 bridgehead atoms. The second-order valence-corrected chi connectivity index (χ2v) is 4.76. The molecule has 20 heavy (non-hydrogen) atoms. The maximum Gasteiger partial charge on any atom is 0.159 e. The number of carbonyl (C=O) groups is 1. The molecule has 0 N–H and O–H groups in total. The number of aromatic nitrogens is 2. The van der Waals surface area contributed by atoms with E-state index in [9.17, 15) is 9.18 Å². The quantitative estimate of drug-likeness (QED) is 0.666. The Labute approximate surface area is 115 Å². The summed E-state index contributed by atoms with van der Waals surface area (Å²) in [5.41, 5.74) is 2.99. The van der Waals surface area contributed by atoms with Crippen LogP contribution in [-0.4, -0.2) is 15.3 Å². The average Bonchev–Trinajstić information content (AvgIpc) is 2.75. The summed E-state index contributed by atoms with van der Waals surface area (Å²) >= 11 is 0. The van der Waals surface area contributed by atoms with Gasteiger partial charge in [0.1, 0.15) is 11.6 Å². The van der Waals surface area contributed by atoms with Crippen molar-refractivity contribution in [2.75, 3.05) is 0 Å².